The van der Waals surface area contributed by atoms with Gasteiger partial charge in [0.2, 0.25) is 6.10 Å². The minimum absolute atomic E-state index is 0.00579. The van der Waals surface area contributed by atoms with Crippen LogP contribution in [0.5, 0.6) is 0 Å². The van der Waals surface area contributed by atoms with E-state index in [1.807, 2.05) is 48.5 Å². The van der Waals surface area contributed by atoms with E-state index >= 15 is 0 Å². The molecule has 11 rings (SSSR count). The predicted octanol–water partition coefficient (Wildman–Crippen LogP) is 12.3. The van der Waals surface area contributed by atoms with E-state index in [1.54, 1.807) is 13.8 Å². The van der Waals surface area contributed by atoms with Gasteiger partial charge < -0.3 is 28.8 Å². The van der Waals surface area contributed by atoms with Crippen LogP contribution in [0.2, 0.25) is 0 Å². The van der Waals surface area contributed by atoms with Crippen LogP contribution in [0.4, 0.5) is 0 Å². The number of cyclic esters (lactones) is 1. The molecule has 394 valence electrons. The zero-order chi connectivity index (χ0) is 51.1. The lowest BCUT2D eigenvalue weighted by molar-refractivity contribution is -0.222. The maximum absolute atomic E-state index is 12.5. The molecule has 0 aromatic carbocycles. The summed E-state index contributed by atoms with van der Waals surface area (Å²) in [5.74, 6) is 5.27. The highest BCUT2D eigenvalue weighted by molar-refractivity contribution is 5.82. The van der Waals surface area contributed by atoms with Gasteiger partial charge in [-0.25, -0.2) is 4.79 Å². The lowest BCUT2D eigenvalue weighted by atomic mass is 9.50. The van der Waals surface area contributed by atoms with Gasteiger partial charge in [0.15, 0.2) is 0 Å². The summed E-state index contributed by atoms with van der Waals surface area (Å²) < 4.78 is 27.9. The molecule has 7 unspecified atom stereocenters. The normalized spacial score (nSPS) is 38.1. The third-order valence-electron chi connectivity index (χ3n) is 19.9. The van der Waals surface area contributed by atoms with Crippen LogP contribution in [-0.4, -0.2) is 70.1 Å². The van der Waals surface area contributed by atoms with Gasteiger partial charge in [-0.1, -0.05) is 48.5 Å². The van der Waals surface area contributed by atoms with Crippen molar-refractivity contribution < 1.29 is 52.8 Å². The fraction of sp³-hybridized carbons (Fsp3) is 0.914. The summed E-state index contributed by atoms with van der Waals surface area (Å²) in [5, 5.41) is 10.6. The first-order valence-electron chi connectivity index (χ1n) is 27.9. The SMILES string of the molecule is CCC(C)(C)C(=O)OC1(C(C)C)CC2CCC1C2.CCC(C)(C)C(=O)OC1(C)C2CC3CC(C2)CC1C3.CCC(C)(C)C(=O)OC1CCOC1=O.CCC(C)C(=O)OC12CC3CC(CC(O)(C3)C1)C2. The van der Waals surface area contributed by atoms with Crippen molar-refractivity contribution in [3.05, 3.63) is 0 Å². The Balaban J connectivity index is 0.000000152. The predicted molar refractivity (Wildman–Crippen MR) is 266 cm³/mol. The maximum atomic E-state index is 12.5. The lowest BCUT2D eigenvalue weighted by Crippen LogP contribution is -2.60. The van der Waals surface area contributed by atoms with Crippen molar-refractivity contribution in [2.45, 2.75) is 254 Å². The topological polar surface area (TPSA) is 152 Å². The molecule has 11 aliphatic rings. The molecule has 1 aliphatic heterocycles. The first-order chi connectivity index (χ1) is 32.1. The molecule has 0 amide bonds. The number of rotatable bonds is 13. The minimum atomic E-state index is -0.687. The van der Waals surface area contributed by atoms with E-state index in [0.29, 0.717) is 61.4 Å². The maximum Gasteiger partial charge on any atom is 0.347 e. The van der Waals surface area contributed by atoms with Gasteiger partial charge in [-0.3, -0.25) is 19.2 Å². The summed E-state index contributed by atoms with van der Waals surface area (Å²) in [6.45, 7) is 28.6. The summed E-state index contributed by atoms with van der Waals surface area (Å²) in [7, 11) is 0. The summed E-state index contributed by atoms with van der Waals surface area (Å²) in [5.41, 5.74) is -2.41. The van der Waals surface area contributed by atoms with Crippen molar-refractivity contribution in [2.75, 3.05) is 6.61 Å². The molecule has 0 aromatic rings. The van der Waals surface area contributed by atoms with E-state index in [0.717, 1.165) is 69.1 Å². The van der Waals surface area contributed by atoms with E-state index in [1.165, 1.54) is 57.8 Å². The molecule has 1 saturated heterocycles. The smallest absolute Gasteiger partial charge is 0.347 e. The van der Waals surface area contributed by atoms with Gasteiger partial charge in [0.05, 0.1) is 34.4 Å². The van der Waals surface area contributed by atoms with Crippen molar-refractivity contribution in [2.24, 2.45) is 75.4 Å². The van der Waals surface area contributed by atoms with Crippen molar-refractivity contribution in [3.63, 3.8) is 0 Å². The van der Waals surface area contributed by atoms with Gasteiger partial charge >= 0.3 is 29.8 Å². The molecule has 11 nitrogen and oxygen atoms in total. The van der Waals surface area contributed by atoms with E-state index in [4.69, 9.17) is 23.7 Å². The van der Waals surface area contributed by atoms with Crippen LogP contribution in [0.3, 0.4) is 0 Å². The highest BCUT2D eigenvalue weighted by Crippen LogP contribution is 2.61. The number of esters is 5. The molecule has 10 saturated carbocycles. The van der Waals surface area contributed by atoms with Crippen LogP contribution in [0.1, 0.15) is 225 Å². The fourth-order valence-electron chi connectivity index (χ4n) is 14.2. The quantitative estimate of drug-likeness (QED) is 0.139. The highest BCUT2D eigenvalue weighted by Gasteiger charge is 2.60. The monoisotopic (exact) mass is 969 g/mol. The third-order valence-corrected chi connectivity index (χ3v) is 19.9. The number of hydrogen-bond donors (Lipinski definition) is 1. The van der Waals surface area contributed by atoms with E-state index in [-0.39, 0.29) is 57.4 Å². The summed E-state index contributed by atoms with van der Waals surface area (Å²) in [6, 6.07) is 0. The second-order valence-electron chi connectivity index (χ2n) is 26.6. The van der Waals surface area contributed by atoms with Crippen LogP contribution in [0.15, 0.2) is 0 Å². The molecule has 0 aromatic heterocycles. The van der Waals surface area contributed by atoms with Crippen LogP contribution in [0.25, 0.3) is 0 Å². The van der Waals surface area contributed by atoms with Gasteiger partial charge in [0.25, 0.3) is 0 Å². The van der Waals surface area contributed by atoms with Gasteiger partial charge in [-0.2, -0.15) is 0 Å². The van der Waals surface area contributed by atoms with Crippen molar-refractivity contribution in [1.82, 2.24) is 0 Å². The van der Waals surface area contributed by atoms with Crippen LogP contribution in [0, 0.1) is 75.4 Å². The molecule has 11 fully saturated rings. The Morgan fingerprint density at radius 3 is 1.54 bits per heavy atom. The van der Waals surface area contributed by atoms with Gasteiger partial charge in [0, 0.05) is 12.8 Å². The zero-order valence-corrected chi connectivity index (χ0v) is 45.7. The average molecular weight is 969 g/mol. The van der Waals surface area contributed by atoms with Gasteiger partial charge in [0.1, 0.15) is 16.8 Å². The largest absolute Gasteiger partial charge is 0.463 e. The summed E-state index contributed by atoms with van der Waals surface area (Å²) in [4.78, 5) is 59.5. The minimum Gasteiger partial charge on any atom is -0.463 e. The Morgan fingerprint density at radius 2 is 1.12 bits per heavy atom. The molecular weight excluding hydrogens is 873 g/mol. The van der Waals surface area contributed by atoms with E-state index in [9.17, 15) is 29.1 Å². The van der Waals surface area contributed by atoms with Gasteiger partial charge in [-0.05, 0) is 217 Å². The average Bonchev–Trinajstić information content (AvgIpc) is 4.01. The van der Waals surface area contributed by atoms with Gasteiger partial charge in [-0.15, -0.1) is 0 Å². The van der Waals surface area contributed by atoms with Crippen molar-refractivity contribution >= 4 is 29.8 Å². The molecule has 10 bridgehead atoms. The molecule has 1 N–H and O–H groups in total. The molecule has 69 heavy (non-hydrogen) atoms. The summed E-state index contributed by atoms with van der Waals surface area (Å²) >= 11 is 0. The summed E-state index contributed by atoms with van der Waals surface area (Å²) in [6.07, 6.45) is 20.3. The third kappa shape index (κ3) is 12.1. The first-order valence-corrected chi connectivity index (χ1v) is 27.9. The molecule has 0 spiro atoms. The molecule has 11 heteroatoms. The number of hydrogen-bond acceptors (Lipinski definition) is 11. The number of fused-ring (bicyclic) bond motifs is 2. The molecule has 0 radical (unpaired) electrons. The number of aliphatic hydroxyl groups is 1. The highest BCUT2D eigenvalue weighted by atomic mass is 16.6. The molecule has 10 aliphatic carbocycles. The Bertz CT molecular complexity index is 1800. The Labute approximate surface area is 417 Å². The number of carbonyl (C=O) groups excluding carboxylic acids is 5. The molecular formula is C58H96O11. The second kappa shape index (κ2) is 21.0. The number of ether oxygens (including phenoxy) is 5. The first kappa shape index (κ1) is 55.6. The molecule has 1 heterocycles. The molecule has 7 atom stereocenters. The number of carbonyl (C=O) groups is 5. The lowest BCUT2D eigenvalue weighted by Gasteiger charge is -2.59. The van der Waals surface area contributed by atoms with Crippen LogP contribution >= 0.6 is 0 Å². The second-order valence-corrected chi connectivity index (χ2v) is 26.6. The van der Waals surface area contributed by atoms with Crippen molar-refractivity contribution in [3.8, 4) is 0 Å². The zero-order valence-electron chi connectivity index (χ0n) is 45.7. The van der Waals surface area contributed by atoms with E-state index in [2.05, 4.69) is 34.6 Å². The van der Waals surface area contributed by atoms with Crippen molar-refractivity contribution in [1.29, 1.82) is 0 Å². The van der Waals surface area contributed by atoms with E-state index < -0.39 is 23.1 Å². The van der Waals surface area contributed by atoms with Crippen LogP contribution < -0.4 is 0 Å². The Hall–Kier alpha value is -2.69. The Kier molecular flexibility index (Phi) is 17.0. The standard InChI is InChI=1S/C17H28O2.C16H28O2.C15H24O3.C10H16O4/c1-5-16(2,3)15(18)19-17(4)13-7-11-6-12(9-13)10-14(17)8-11;1-6-15(4,5)14(17)18-16(11(2)3)10-12-7-8-13(16)9-12;1-3-10(2)13(16)18-15-7-11-4-12(8-15)6-14(17,5-11)9-15;1-4-10(2,3)9(12)14-7-5-6-13-8(7)11/h11-14H,5-10H2,1-4H3;11-13H,6-10H2,1-5H3;10-12,17H,3-9H2,1-2H3;7H,4-6H2,1-3H3. The van der Waals surface area contributed by atoms with Crippen LogP contribution in [-0.2, 0) is 47.7 Å². The fourth-order valence-corrected chi connectivity index (χ4v) is 14.2. The Morgan fingerprint density at radius 1 is 0.623 bits per heavy atom.